The highest BCUT2D eigenvalue weighted by atomic mass is 32.2. The average molecular weight is 295 g/mol. The van der Waals surface area contributed by atoms with E-state index in [9.17, 15) is 8.78 Å². The van der Waals surface area contributed by atoms with Gasteiger partial charge in [-0.3, -0.25) is 0 Å². The van der Waals surface area contributed by atoms with E-state index in [1.807, 2.05) is 6.92 Å². The number of benzene rings is 2. The van der Waals surface area contributed by atoms with Gasteiger partial charge in [0.25, 0.3) is 0 Å². The first-order chi connectivity index (χ1) is 9.60. The van der Waals surface area contributed by atoms with Gasteiger partial charge in [-0.1, -0.05) is 18.7 Å². The van der Waals surface area contributed by atoms with Gasteiger partial charge in [0.05, 0.1) is 12.3 Å². The topological polar surface area (TPSA) is 35.2 Å². The average Bonchev–Trinajstić information content (AvgIpc) is 2.42. The molecule has 0 aromatic heterocycles. The molecule has 0 saturated carbocycles. The lowest BCUT2D eigenvalue weighted by Gasteiger charge is -2.10. The molecule has 106 valence electrons. The van der Waals surface area contributed by atoms with Crippen LogP contribution in [0.1, 0.15) is 13.3 Å². The second kappa shape index (κ2) is 6.61. The van der Waals surface area contributed by atoms with Crippen molar-refractivity contribution >= 4 is 17.4 Å². The Labute approximate surface area is 120 Å². The molecule has 2 rings (SSSR count). The van der Waals surface area contributed by atoms with Crippen molar-refractivity contribution in [2.45, 2.75) is 23.1 Å². The molecule has 2 aromatic rings. The van der Waals surface area contributed by atoms with Crippen molar-refractivity contribution in [1.82, 2.24) is 0 Å². The standard InChI is InChI=1S/C15H15F2NOS/c1-2-7-19-14-9-11(4-5-13(14)18)20-15-6-3-10(16)8-12(15)17/h3-6,8-9H,2,7,18H2,1H3. The molecule has 0 atom stereocenters. The molecule has 0 amide bonds. The van der Waals surface area contributed by atoms with Crippen molar-refractivity contribution in [3.8, 4) is 5.75 Å². The molecule has 5 heteroatoms. The highest BCUT2D eigenvalue weighted by Crippen LogP contribution is 2.34. The zero-order chi connectivity index (χ0) is 14.5. The van der Waals surface area contributed by atoms with Crippen LogP contribution in [0.5, 0.6) is 5.75 Å². The van der Waals surface area contributed by atoms with Crippen molar-refractivity contribution in [1.29, 1.82) is 0 Å². The summed E-state index contributed by atoms with van der Waals surface area (Å²) in [6.45, 7) is 2.58. The third-order valence-electron chi connectivity index (χ3n) is 2.57. The molecule has 2 aromatic carbocycles. The third-order valence-corrected chi connectivity index (χ3v) is 3.61. The number of hydrogen-bond donors (Lipinski definition) is 1. The number of anilines is 1. The Kier molecular flexibility index (Phi) is 4.84. The maximum absolute atomic E-state index is 13.6. The van der Waals surface area contributed by atoms with E-state index in [1.54, 1.807) is 18.2 Å². The van der Waals surface area contributed by atoms with Crippen molar-refractivity contribution in [2.24, 2.45) is 0 Å². The predicted octanol–water partition coefficient (Wildman–Crippen LogP) is 4.49. The number of hydrogen-bond acceptors (Lipinski definition) is 3. The van der Waals surface area contributed by atoms with Gasteiger partial charge in [-0.2, -0.15) is 0 Å². The lowest BCUT2D eigenvalue weighted by Crippen LogP contribution is -1.99. The minimum atomic E-state index is -0.587. The monoisotopic (exact) mass is 295 g/mol. The van der Waals surface area contributed by atoms with Gasteiger partial charge in [-0.25, -0.2) is 8.78 Å². The third kappa shape index (κ3) is 3.63. The summed E-state index contributed by atoms with van der Waals surface area (Å²) in [6.07, 6.45) is 0.878. The van der Waals surface area contributed by atoms with E-state index in [2.05, 4.69) is 0 Å². The fraction of sp³-hybridized carbons (Fsp3) is 0.200. The molecule has 0 spiro atoms. The molecule has 0 aliphatic carbocycles. The van der Waals surface area contributed by atoms with Gasteiger partial charge in [-0.05, 0) is 36.8 Å². The van der Waals surface area contributed by atoms with Gasteiger partial charge in [0.2, 0.25) is 0 Å². The quantitative estimate of drug-likeness (QED) is 0.826. The van der Waals surface area contributed by atoms with Crippen LogP contribution in [0.2, 0.25) is 0 Å². The largest absolute Gasteiger partial charge is 0.491 e. The maximum Gasteiger partial charge on any atom is 0.143 e. The number of halogens is 2. The maximum atomic E-state index is 13.6. The van der Waals surface area contributed by atoms with Crippen molar-refractivity contribution in [2.75, 3.05) is 12.3 Å². The van der Waals surface area contributed by atoms with Crippen LogP contribution in [0.15, 0.2) is 46.2 Å². The van der Waals surface area contributed by atoms with Crippen LogP contribution in [-0.2, 0) is 0 Å². The van der Waals surface area contributed by atoms with Gasteiger partial charge in [0.15, 0.2) is 0 Å². The Bertz CT molecular complexity index is 604. The highest BCUT2D eigenvalue weighted by Gasteiger charge is 2.08. The van der Waals surface area contributed by atoms with Crippen LogP contribution in [0, 0.1) is 11.6 Å². The molecule has 0 radical (unpaired) electrons. The summed E-state index contributed by atoms with van der Waals surface area (Å²) in [6, 6.07) is 8.78. The Morgan fingerprint density at radius 1 is 1.15 bits per heavy atom. The molecule has 0 fully saturated rings. The Balaban J connectivity index is 2.20. The van der Waals surface area contributed by atoms with E-state index >= 15 is 0 Å². The van der Waals surface area contributed by atoms with Gasteiger partial charge in [0, 0.05) is 15.9 Å². The molecular weight excluding hydrogens is 280 g/mol. The number of rotatable bonds is 5. The predicted molar refractivity (Wildman–Crippen MR) is 77.1 cm³/mol. The second-order valence-electron chi connectivity index (χ2n) is 4.22. The number of ether oxygens (including phenoxy) is 1. The van der Waals surface area contributed by atoms with E-state index in [1.165, 1.54) is 23.9 Å². The molecule has 0 aliphatic rings. The van der Waals surface area contributed by atoms with E-state index in [0.717, 1.165) is 17.4 Å². The first kappa shape index (κ1) is 14.7. The summed E-state index contributed by atoms with van der Waals surface area (Å²) < 4.78 is 32.0. The summed E-state index contributed by atoms with van der Waals surface area (Å²) in [5.74, 6) is -0.585. The molecule has 20 heavy (non-hydrogen) atoms. The first-order valence-corrected chi connectivity index (χ1v) is 7.07. The summed E-state index contributed by atoms with van der Waals surface area (Å²) in [4.78, 5) is 1.15. The van der Waals surface area contributed by atoms with Crippen LogP contribution >= 0.6 is 11.8 Å². The summed E-state index contributed by atoms with van der Waals surface area (Å²) in [7, 11) is 0. The van der Waals surface area contributed by atoms with Gasteiger partial charge in [0.1, 0.15) is 17.4 Å². The van der Waals surface area contributed by atoms with Crippen LogP contribution in [-0.4, -0.2) is 6.61 Å². The SMILES string of the molecule is CCCOc1cc(Sc2ccc(F)cc2F)ccc1N. The number of nitrogen functional groups attached to an aromatic ring is 1. The smallest absolute Gasteiger partial charge is 0.143 e. The van der Waals surface area contributed by atoms with E-state index in [-0.39, 0.29) is 0 Å². The van der Waals surface area contributed by atoms with Gasteiger partial charge < -0.3 is 10.5 Å². The fourth-order valence-electron chi connectivity index (χ4n) is 1.60. The molecule has 2 N–H and O–H groups in total. The van der Waals surface area contributed by atoms with Gasteiger partial charge in [-0.15, -0.1) is 0 Å². The number of nitrogens with two attached hydrogens (primary N) is 1. The van der Waals surface area contributed by atoms with E-state index < -0.39 is 11.6 Å². The lowest BCUT2D eigenvalue weighted by molar-refractivity contribution is 0.318. The Hall–Kier alpha value is -1.75. The fourth-order valence-corrected chi connectivity index (χ4v) is 2.45. The molecule has 0 aliphatic heterocycles. The minimum Gasteiger partial charge on any atom is -0.491 e. The molecule has 0 unspecified atom stereocenters. The molecule has 0 bridgehead atoms. The molecule has 2 nitrogen and oxygen atoms in total. The zero-order valence-electron chi connectivity index (χ0n) is 11.0. The summed E-state index contributed by atoms with van der Waals surface area (Å²) >= 11 is 1.20. The normalized spacial score (nSPS) is 10.6. The summed E-state index contributed by atoms with van der Waals surface area (Å²) in [5, 5.41) is 0. The highest BCUT2D eigenvalue weighted by molar-refractivity contribution is 7.99. The van der Waals surface area contributed by atoms with E-state index in [0.29, 0.717) is 22.9 Å². The van der Waals surface area contributed by atoms with Crippen LogP contribution in [0.3, 0.4) is 0 Å². The summed E-state index contributed by atoms with van der Waals surface area (Å²) in [5.41, 5.74) is 6.36. The van der Waals surface area contributed by atoms with Crippen LogP contribution < -0.4 is 10.5 Å². The van der Waals surface area contributed by atoms with Crippen molar-refractivity contribution < 1.29 is 13.5 Å². The van der Waals surface area contributed by atoms with Crippen molar-refractivity contribution in [3.63, 3.8) is 0 Å². The minimum absolute atomic E-state index is 0.359. The van der Waals surface area contributed by atoms with Crippen LogP contribution in [0.25, 0.3) is 0 Å². The Morgan fingerprint density at radius 2 is 1.95 bits per heavy atom. The molecular formula is C15H15F2NOS. The first-order valence-electron chi connectivity index (χ1n) is 6.25. The van der Waals surface area contributed by atoms with Gasteiger partial charge >= 0.3 is 0 Å². The van der Waals surface area contributed by atoms with Crippen LogP contribution in [0.4, 0.5) is 14.5 Å². The molecule has 0 heterocycles. The Morgan fingerprint density at radius 3 is 2.65 bits per heavy atom. The lowest BCUT2D eigenvalue weighted by atomic mass is 10.3. The van der Waals surface area contributed by atoms with Crippen molar-refractivity contribution in [3.05, 3.63) is 48.0 Å². The second-order valence-corrected chi connectivity index (χ2v) is 5.34. The van der Waals surface area contributed by atoms with E-state index in [4.69, 9.17) is 10.5 Å². The molecule has 0 saturated heterocycles. The zero-order valence-corrected chi connectivity index (χ0v) is 11.8.